The van der Waals surface area contributed by atoms with Gasteiger partial charge in [-0.1, -0.05) is 19.1 Å². The van der Waals surface area contributed by atoms with Crippen molar-refractivity contribution >= 4 is 27.2 Å². The van der Waals surface area contributed by atoms with Crippen LogP contribution in [0.2, 0.25) is 0 Å². The molecule has 0 aromatic carbocycles. The summed E-state index contributed by atoms with van der Waals surface area (Å²) < 4.78 is 26.6. The summed E-state index contributed by atoms with van der Waals surface area (Å²) in [5.74, 6) is 0. The predicted molar refractivity (Wildman–Crippen MR) is 85.6 cm³/mol. The Morgan fingerprint density at radius 2 is 2.00 bits per heavy atom. The maximum atomic E-state index is 12.5. The van der Waals surface area contributed by atoms with E-state index in [-0.39, 0.29) is 9.88 Å². The Morgan fingerprint density at radius 1 is 1.33 bits per heavy atom. The Balaban J connectivity index is 2.10. The van der Waals surface area contributed by atoms with Crippen LogP contribution < -0.4 is 5.73 Å². The summed E-state index contributed by atoms with van der Waals surface area (Å²) >= 11 is 4.81. The molecular weight excluding hydrogens is 308 g/mol. The van der Waals surface area contributed by atoms with Crippen LogP contribution in [0.15, 0.2) is 23.2 Å². The second-order valence-electron chi connectivity index (χ2n) is 4.99. The summed E-state index contributed by atoms with van der Waals surface area (Å²) in [4.78, 5) is 6.63. The fourth-order valence-electron chi connectivity index (χ4n) is 2.34. The van der Waals surface area contributed by atoms with Crippen molar-refractivity contribution in [1.29, 1.82) is 0 Å². The first-order valence-electron chi connectivity index (χ1n) is 6.93. The van der Waals surface area contributed by atoms with E-state index in [9.17, 15) is 8.42 Å². The Hall–Kier alpha value is -1.09. The van der Waals surface area contributed by atoms with Crippen molar-refractivity contribution < 1.29 is 8.42 Å². The molecule has 0 bridgehead atoms. The maximum absolute atomic E-state index is 12.5. The highest BCUT2D eigenvalue weighted by atomic mass is 32.2. The van der Waals surface area contributed by atoms with Crippen LogP contribution in [0, 0.1) is 0 Å². The van der Waals surface area contributed by atoms with E-state index in [1.54, 1.807) is 6.07 Å². The highest BCUT2D eigenvalue weighted by Gasteiger charge is 2.28. The molecule has 0 amide bonds. The van der Waals surface area contributed by atoms with Gasteiger partial charge in [0, 0.05) is 32.4 Å². The lowest BCUT2D eigenvalue weighted by atomic mass is 10.3. The fraction of sp³-hybridized carbons (Fsp3) is 0.538. The smallest absolute Gasteiger partial charge is 0.244 e. The van der Waals surface area contributed by atoms with Gasteiger partial charge in [-0.05, 0) is 25.1 Å². The molecule has 1 aliphatic rings. The second kappa shape index (κ2) is 6.78. The van der Waals surface area contributed by atoms with Crippen LogP contribution >= 0.6 is 12.2 Å². The Morgan fingerprint density at radius 3 is 2.48 bits per heavy atom. The summed E-state index contributed by atoms with van der Waals surface area (Å²) in [7, 11) is -3.48. The maximum Gasteiger partial charge on any atom is 0.244 e. The Labute approximate surface area is 131 Å². The monoisotopic (exact) mass is 328 g/mol. The molecular formula is C13H20N4O2S2. The van der Waals surface area contributed by atoms with Gasteiger partial charge < -0.3 is 10.6 Å². The number of nitrogens with zero attached hydrogens (tertiary/aromatic N) is 3. The molecule has 1 aromatic heterocycles. The summed E-state index contributed by atoms with van der Waals surface area (Å²) in [6, 6.07) is 3.05. The van der Waals surface area contributed by atoms with Gasteiger partial charge in [-0.2, -0.15) is 4.31 Å². The van der Waals surface area contributed by atoms with Crippen molar-refractivity contribution in [2.45, 2.75) is 18.2 Å². The average Bonchev–Trinajstić information content (AvgIpc) is 2.48. The first-order valence-corrected chi connectivity index (χ1v) is 8.78. The summed E-state index contributed by atoms with van der Waals surface area (Å²) in [6.07, 6.45) is 2.40. The Bertz CT molecular complexity index is 593. The third-order valence-electron chi connectivity index (χ3n) is 3.50. The standard InChI is InChI=1S/C13H20N4O2S2/c1-2-5-16-6-8-17(9-7-16)21(18,19)11-3-4-12(13(14)20)15-10-11/h3-4,10H,2,5-9H2,1H3,(H2,14,20). The minimum absolute atomic E-state index is 0.159. The molecule has 0 saturated carbocycles. The number of hydrogen-bond donors (Lipinski definition) is 1. The number of pyridine rings is 1. The molecule has 2 N–H and O–H groups in total. The van der Waals surface area contributed by atoms with E-state index in [1.165, 1.54) is 16.6 Å². The molecule has 0 unspecified atom stereocenters. The molecule has 0 aliphatic carbocycles. The molecule has 116 valence electrons. The van der Waals surface area contributed by atoms with E-state index >= 15 is 0 Å². The molecule has 1 fully saturated rings. The van der Waals surface area contributed by atoms with Crippen molar-refractivity contribution in [2.75, 3.05) is 32.7 Å². The molecule has 2 rings (SSSR count). The molecule has 1 aliphatic heterocycles. The fourth-order valence-corrected chi connectivity index (χ4v) is 3.83. The number of sulfonamides is 1. The molecule has 21 heavy (non-hydrogen) atoms. The molecule has 1 aromatic rings. The van der Waals surface area contributed by atoms with Crippen LogP contribution in [0.4, 0.5) is 0 Å². The summed E-state index contributed by atoms with van der Waals surface area (Å²) in [5.41, 5.74) is 5.89. The average molecular weight is 328 g/mol. The van der Waals surface area contributed by atoms with Crippen LogP contribution in [-0.2, 0) is 10.0 Å². The molecule has 1 saturated heterocycles. The van der Waals surface area contributed by atoms with Gasteiger partial charge in [-0.3, -0.25) is 4.98 Å². The zero-order valence-electron chi connectivity index (χ0n) is 12.0. The third kappa shape index (κ3) is 3.76. The van der Waals surface area contributed by atoms with Crippen molar-refractivity contribution in [3.63, 3.8) is 0 Å². The van der Waals surface area contributed by atoms with Crippen LogP contribution in [0.25, 0.3) is 0 Å². The largest absolute Gasteiger partial charge is 0.388 e. The quantitative estimate of drug-likeness (QED) is 0.790. The Kier molecular flexibility index (Phi) is 5.26. The number of hydrogen-bond acceptors (Lipinski definition) is 5. The van der Waals surface area contributed by atoms with Crippen LogP contribution in [0.5, 0.6) is 0 Å². The number of rotatable bonds is 5. The van der Waals surface area contributed by atoms with Crippen molar-refractivity contribution in [2.24, 2.45) is 5.73 Å². The normalized spacial score (nSPS) is 17.8. The highest BCUT2D eigenvalue weighted by Crippen LogP contribution is 2.17. The zero-order chi connectivity index (χ0) is 15.5. The van der Waals surface area contributed by atoms with Crippen molar-refractivity contribution in [3.05, 3.63) is 24.0 Å². The second-order valence-corrected chi connectivity index (χ2v) is 7.37. The van der Waals surface area contributed by atoms with E-state index in [4.69, 9.17) is 18.0 Å². The molecule has 0 spiro atoms. The van der Waals surface area contributed by atoms with Crippen LogP contribution in [-0.4, -0.2) is 60.3 Å². The lowest BCUT2D eigenvalue weighted by Gasteiger charge is -2.33. The molecule has 0 radical (unpaired) electrons. The SMILES string of the molecule is CCCN1CCN(S(=O)(=O)c2ccc(C(N)=S)nc2)CC1. The predicted octanol–water partition coefficient (Wildman–Crippen LogP) is 0.432. The first kappa shape index (κ1) is 16.3. The van der Waals surface area contributed by atoms with Crippen LogP contribution in [0.1, 0.15) is 19.0 Å². The lowest BCUT2D eigenvalue weighted by Crippen LogP contribution is -2.48. The van der Waals surface area contributed by atoms with Gasteiger partial charge in [0.05, 0.1) is 5.69 Å². The number of piperazine rings is 1. The zero-order valence-corrected chi connectivity index (χ0v) is 13.7. The number of thiocarbonyl (C=S) groups is 1. The summed E-state index contributed by atoms with van der Waals surface area (Å²) in [5, 5.41) is 0. The van der Waals surface area contributed by atoms with Crippen LogP contribution in [0.3, 0.4) is 0 Å². The van der Waals surface area contributed by atoms with Gasteiger partial charge in [0.25, 0.3) is 0 Å². The van der Waals surface area contributed by atoms with Gasteiger partial charge in [-0.25, -0.2) is 8.42 Å². The van der Waals surface area contributed by atoms with E-state index < -0.39 is 10.0 Å². The van der Waals surface area contributed by atoms with E-state index in [0.29, 0.717) is 18.8 Å². The van der Waals surface area contributed by atoms with E-state index in [0.717, 1.165) is 26.1 Å². The third-order valence-corrected chi connectivity index (χ3v) is 5.59. The number of nitrogens with two attached hydrogens (primary N) is 1. The summed E-state index contributed by atoms with van der Waals surface area (Å²) in [6.45, 7) is 5.70. The van der Waals surface area contributed by atoms with Gasteiger partial charge >= 0.3 is 0 Å². The molecule has 2 heterocycles. The highest BCUT2D eigenvalue weighted by molar-refractivity contribution is 7.89. The minimum atomic E-state index is -3.48. The molecule has 6 nitrogen and oxygen atoms in total. The number of aromatic nitrogens is 1. The molecule has 0 atom stereocenters. The van der Waals surface area contributed by atoms with Gasteiger partial charge in [0.1, 0.15) is 9.88 Å². The van der Waals surface area contributed by atoms with E-state index in [1.807, 2.05) is 0 Å². The van der Waals surface area contributed by atoms with Gasteiger partial charge in [-0.15, -0.1) is 0 Å². The van der Waals surface area contributed by atoms with Crippen molar-refractivity contribution in [1.82, 2.24) is 14.2 Å². The first-order chi connectivity index (χ1) is 9.95. The van der Waals surface area contributed by atoms with Crippen molar-refractivity contribution in [3.8, 4) is 0 Å². The van der Waals surface area contributed by atoms with E-state index in [2.05, 4.69) is 16.8 Å². The van der Waals surface area contributed by atoms with Gasteiger partial charge in [0.15, 0.2) is 0 Å². The van der Waals surface area contributed by atoms with Gasteiger partial charge in [0.2, 0.25) is 10.0 Å². The topological polar surface area (TPSA) is 79.5 Å². The minimum Gasteiger partial charge on any atom is -0.388 e. The molecule has 8 heteroatoms. The lowest BCUT2D eigenvalue weighted by molar-refractivity contribution is 0.188.